The SMILES string of the molecule is NC(=O)c1cnn(Cc2ccc3c(c2C(=O)O)OB(O)CC3)c1. The van der Waals surface area contributed by atoms with Gasteiger partial charge in [0.15, 0.2) is 0 Å². The van der Waals surface area contributed by atoms with Crippen LogP contribution in [-0.2, 0) is 13.0 Å². The summed E-state index contributed by atoms with van der Waals surface area (Å²) in [7, 11) is -1.01. The van der Waals surface area contributed by atoms with Gasteiger partial charge in [0.2, 0.25) is 0 Å². The van der Waals surface area contributed by atoms with Crippen molar-refractivity contribution >= 4 is 19.0 Å². The third-order valence-corrected chi connectivity index (χ3v) is 3.70. The van der Waals surface area contributed by atoms with Crippen LogP contribution >= 0.6 is 0 Å². The minimum absolute atomic E-state index is 0.00243. The van der Waals surface area contributed by atoms with Gasteiger partial charge in [-0.15, -0.1) is 0 Å². The van der Waals surface area contributed by atoms with Gasteiger partial charge in [0.05, 0.1) is 18.3 Å². The Morgan fingerprint density at radius 2 is 2.22 bits per heavy atom. The van der Waals surface area contributed by atoms with E-state index in [9.17, 15) is 19.7 Å². The van der Waals surface area contributed by atoms with Crippen molar-refractivity contribution < 1.29 is 24.4 Å². The highest BCUT2D eigenvalue weighted by atomic mass is 16.5. The van der Waals surface area contributed by atoms with Gasteiger partial charge in [-0.2, -0.15) is 5.10 Å². The number of carboxylic acid groups (broad SMARTS) is 1. The Balaban J connectivity index is 2.00. The maximum atomic E-state index is 11.6. The summed E-state index contributed by atoms with van der Waals surface area (Å²) in [6, 6.07) is 3.47. The smallest absolute Gasteiger partial charge is 0.522 e. The molecule has 0 spiro atoms. The summed E-state index contributed by atoms with van der Waals surface area (Å²) in [5, 5.41) is 23.1. The first-order valence-electron chi connectivity index (χ1n) is 7.00. The number of carbonyl (C=O) groups is 2. The molecule has 9 heteroatoms. The zero-order chi connectivity index (χ0) is 16.6. The van der Waals surface area contributed by atoms with E-state index in [4.69, 9.17) is 10.4 Å². The number of carbonyl (C=O) groups excluding carboxylic acids is 1. The van der Waals surface area contributed by atoms with E-state index in [1.165, 1.54) is 17.1 Å². The Kier molecular flexibility index (Phi) is 3.79. The number of hydrogen-bond donors (Lipinski definition) is 3. The van der Waals surface area contributed by atoms with Crippen molar-refractivity contribution in [2.24, 2.45) is 5.73 Å². The van der Waals surface area contributed by atoms with Crippen LogP contribution < -0.4 is 10.4 Å². The Morgan fingerprint density at radius 1 is 1.43 bits per heavy atom. The largest absolute Gasteiger partial charge is 0.535 e. The van der Waals surface area contributed by atoms with Crippen LogP contribution in [0.4, 0.5) is 0 Å². The maximum absolute atomic E-state index is 11.6. The number of nitrogens with two attached hydrogens (primary N) is 1. The lowest BCUT2D eigenvalue weighted by molar-refractivity contribution is 0.0692. The van der Waals surface area contributed by atoms with Crippen molar-refractivity contribution in [3.63, 3.8) is 0 Å². The summed E-state index contributed by atoms with van der Waals surface area (Å²) < 4.78 is 6.74. The molecular formula is C14H14BN3O5. The van der Waals surface area contributed by atoms with Gasteiger partial charge in [0, 0.05) is 6.20 Å². The summed E-state index contributed by atoms with van der Waals surface area (Å²) in [4.78, 5) is 22.7. The van der Waals surface area contributed by atoms with Crippen LogP contribution in [0.5, 0.6) is 5.75 Å². The third kappa shape index (κ3) is 2.91. The highest BCUT2D eigenvalue weighted by Gasteiger charge is 2.29. The summed E-state index contributed by atoms with van der Waals surface area (Å²) >= 11 is 0. The van der Waals surface area contributed by atoms with Gasteiger partial charge in [-0.05, 0) is 23.9 Å². The third-order valence-electron chi connectivity index (χ3n) is 3.70. The van der Waals surface area contributed by atoms with E-state index >= 15 is 0 Å². The molecule has 23 heavy (non-hydrogen) atoms. The summed E-state index contributed by atoms with van der Waals surface area (Å²) in [5.41, 5.74) is 6.62. The number of rotatable bonds is 4. The van der Waals surface area contributed by atoms with Crippen molar-refractivity contribution in [2.45, 2.75) is 19.3 Å². The summed E-state index contributed by atoms with van der Waals surface area (Å²) in [5.74, 6) is -1.56. The number of benzene rings is 1. The van der Waals surface area contributed by atoms with Crippen LogP contribution in [0.15, 0.2) is 24.5 Å². The molecule has 118 valence electrons. The number of primary amides is 1. The molecule has 0 bridgehead atoms. The van der Waals surface area contributed by atoms with Gasteiger partial charge in [0.25, 0.3) is 5.91 Å². The van der Waals surface area contributed by atoms with Gasteiger partial charge in [-0.25, -0.2) is 4.79 Å². The molecule has 0 saturated heterocycles. The van der Waals surface area contributed by atoms with Gasteiger partial charge >= 0.3 is 13.1 Å². The monoisotopic (exact) mass is 315 g/mol. The molecule has 1 aliphatic heterocycles. The van der Waals surface area contributed by atoms with Crippen molar-refractivity contribution in [3.05, 3.63) is 46.8 Å². The maximum Gasteiger partial charge on any atom is 0.522 e. The Bertz CT molecular complexity index is 789. The van der Waals surface area contributed by atoms with E-state index in [0.29, 0.717) is 18.3 Å². The van der Waals surface area contributed by atoms with Gasteiger partial charge < -0.3 is 20.5 Å². The zero-order valence-corrected chi connectivity index (χ0v) is 12.1. The highest BCUT2D eigenvalue weighted by molar-refractivity contribution is 6.44. The molecule has 0 atom stereocenters. The molecule has 0 radical (unpaired) electrons. The molecule has 1 aliphatic rings. The second kappa shape index (κ2) is 5.77. The number of aryl methyl sites for hydroxylation is 1. The molecule has 2 heterocycles. The first-order valence-corrected chi connectivity index (χ1v) is 7.00. The lowest BCUT2D eigenvalue weighted by atomic mass is 9.78. The van der Waals surface area contributed by atoms with Crippen LogP contribution in [0.3, 0.4) is 0 Å². The number of amides is 1. The number of aromatic carboxylic acids is 1. The quantitative estimate of drug-likeness (QED) is 0.689. The van der Waals surface area contributed by atoms with Crippen LogP contribution in [-0.4, -0.2) is 38.9 Å². The van der Waals surface area contributed by atoms with Crippen LogP contribution in [0, 0.1) is 0 Å². The van der Waals surface area contributed by atoms with Crippen LogP contribution in [0.1, 0.15) is 31.8 Å². The number of aromatic nitrogens is 2. The predicted octanol–water partition coefficient (Wildman–Crippen LogP) is 0.144. The summed E-state index contributed by atoms with van der Waals surface area (Å²) in [6.45, 7) is 0.141. The van der Waals surface area contributed by atoms with E-state index in [1.807, 2.05) is 0 Å². The standard InChI is InChI=1S/C14H14BN3O5/c16-13(19)10-5-17-18(7-10)6-9-2-1-8-3-4-15(22)23-12(8)11(9)14(20)21/h1-2,5,7,22H,3-4,6H2,(H2,16,19)(H,20,21). The Labute approximate surface area is 131 Å². The molecule has 1 aromatic carbocycles. The molecule has 3 rings (SSSR count). The summed E-state index contributed by atoms with van der Waals surface area (Å²) in [6.07, 6.45) is 3.74. The molecule has 1 aromatic heterocycles. The van der Waals surface area contributed by atoms with E-state index in [0.717, 1.165) is 5.56 Å². The number of carboxylic acids is 1. The van der Waals surface area contributed by atoms with Gasteiger partial charge in [0.1, 0.15) is 11.3 Å². The molecule has 0 saturated carbocycles. The topological polar surface area (TPSA) is 128 Å². The van der Waals surface area contributed by atoms with E-state index < -0.39 is 19.0 Å². The predicted molar refractivity (Wildman–Crippen MR) is 80.4 cm³/mol. The minimum atomic E-state index is -1.15. The van der Waals surface area contributed by atoms with Crippen molar-refractivity contribution in [3.8, 4) is 5.75 Å². The fourth-order valence-corrected chi connectivity index (χ4v) is 2.59. The second-order valence-electron chi connectivity index (χ2n) is 5.30. The van der Waals surface area contributed by atoms with E-state index in [1.54, 1.807) is 12.1 Å². The van der Waals surface area contributed by atoms with Crippen molar-refractivity contribution in [2.75, 3.05) is 0 Å². The number of nitrogens with zero attached hydrogens (tertiary/aromatic N) is 2. The number of hydrogen-bond acceptors (Lipinski definition) is 5. The van der Waals surface area contributed by atoms with Gasteiger partial charge in [-0.3, -0.25) is 9.48 Å². The highest BCUT2D eigenvalue weighted by Crippen LogP contribution is 2.33. The molecule has 8 nitrogen and oxygen atoms in total. The Hall–Kier alpha value is -2.81. The zero-order valence-electron chi connectivity index (χ0n) is 12.1. The average Bonchev–Trinajstić information content (AvgIpc) is 2.95. The fraction of sp³-hybridized carbons (Fsp3) is 0.214. The Morgan fingerprint density at radius 3 is 2.87 bits per heavy atom. The first kappa shape index (κ1) is 15.1. The second-order valence-corrected chi connectivity index (χ2v) is 5.30. The molecule has 0 fully saturated rings. The molecule has 1 amide bonds. The molecule has 4 N–H and O–H groups in total. The van der Waals surface area contributed by atoms with E-state index in [-0.39, 0.29) is 23.4 Å². The molecule has 0 unspecified atom stereocenters. The average molecular weight is 315 g/mol. The molecule has 2 aromatic rings. The first-order chi connectivity index (χ1) is 11.0. The molecular weight excluding hydrogens is 301 g/mol. The number of fused-ring (bicyclic) bond motifs is 1. The normalized spacial score (nSPS) is 13.3. The van der Waals surface area contributed by atoms with Crippen LogP contribution in [0.25, 0.3) is 0 Å². The molecule has 0 aliphatic carbocycles. The lowest BCUT2D eigenvalue weighted by Gasteiger charge is -2.23. The van der Waals surface area contributed by atoms with Crippen molar-refractivity contribution in [1.82, 2.24) is 9.78 Å². The van der Waals surface area contributed by atoms with Crippen molar-refractivity contribution in [1.29, 1.82) is 0 Å². The van der Waals surface area contributed by atoms with E-state index in [2.05, 4.69) is 5.10 Å². The van der Waals surface area contributed by atoms with Gasteiger partial charge in [-0.1, -0.05) is 12.1 Å². The fourth-order valence-electron chi connectivity index (χ4n) is 2.59. The minimum Gasteiger partial charge on any atom is -0.535 e. The lowest BCUT2D eigenvalue weighted by Crippen LogP contribution is -2.28. The van der Waals surface area contributed by atoms with Crippen LogP contribution in [0.2, 0.25) is 6.32 Å².